The molecular formula is C13H17ClFNOS. The molecule has 3 atom stereocenters. The molecule has 18 heavy (non-hydrogen) atoms. The Bertz CT molecular complexity index is 455. The summed E-state index contributed by atoms with van der Waals surface area (Å²) in [4.78, 5) is 0.591. The van der Waals surface area contributed by atoms with Crippen LogP contribution in [0.1, 0.15) is 25.7 Å². The molecule has 0 bridgehead atoms. The van der Waals surface area contributed by atoms with Gasteiger partial charge in [0, 0.05) is 16.7 Å². The van der Waals surface area contributed by atoms with Gasteiger partial charge in [0.05, 0.1) is 15.8 Å². The van der Waals surface area contributed by atoms with Crippen molar-refractivity contribution in [1.29, 1.82) is 0 Å². The van der Waals surface area contributed by atoms with Crippen LogP contribution in [0.2, 0.25) is 5.02 Å². The predicted octanol–water partition coefficient (Wildman–Crippen LogP) is 3.10. The summed E-state index contributed by atoms with van der Waals surface area (Å²) in [7, 11) is -1.12. The van der Waals surface area contributed by atoms with E-state index in [4.69, 9.17) is 17.3 Å². The van der Waals surface area contributed by atoms with Crippen LogP contribution in [0.4, 0.5) is 4.39 Å². The van der Waals surface area contributed by atoms with E-state index in [1.807, 2.05) is 0 Å². The molecule has 0 aromatic heterocycles. The maximum Gasteiger partial charge on any atom is 0.141 e. The molecule has 0 saturated heterocycles. The van der Waals surface area contributed by atoms with Gasteiger partial charge in [-0.25, -0.2) is 4.39 Å². The van der Waals surface area contributed by atoms with Crippen molar-refractivity contribution in [2.45, 2.75) is 36.6 Å². The second-order valence-electron chi connectivity index (χ2n) is 4.77. The second-order valence-corrected chi connectivity index (χ2v) is 6.75. The SMILES string of the molecule is NC1CCCC1CCS(=O)c1ccc(F)c(Cl)c1. The van der Waals surface area contributed by atoms with Gasteiger partial charge in [0.15, 0.2) is 0 Å². The van der Waals surface area contributed by atoms with Crippen molar-refractivity contribution in [2.24, 2.45) is 11.7 Å². The van der Waals surface area contributed by atoms with E-state index in [2.05, 4.69) is 0 Å². The minimum absolute atomic E-state index is 0.0263. The summed E-state index contributed by atoms with van der Waals surface area (Å²) in [5.74, 6) is 0.570. The second kappa shape index (κ2) is 6.13. The highest BCUT2D eigenvalue weighted by Crippen LogP contribution is 2.27. The summed E-state index contributed by atoms with van der Waals surface area (Å²) in [6.07, 6.45) is 4.23. The van der Waals surface area contributed by atoms with Crippen LogP contribution in [-0.2, 0) is 10.8 Å². The van der Waals surface area contributed by atoms with Gasteiger partial charge in [-0.2, -0.15) is 0 Å². The number of hydrogen-bond acceptors (Lipinski definition) is 2. The summed E-state index contributed by atoms with van der Waals surface area (Å²) in [6, 6.07) is 4.49. The van der Waals surface area contributed by atoms with E-state index in [1.165, 1.54) is 24.6 Å². The van der Waals surface area contributed by atoms with Crippen LogP contribution >= 0.6 is 11.6 Å². The summed E-state index contributed by atoms with van der Waals surface area (Å²) in [5.41, 5.74) is 5.98. The predicted molar refractivity (Wildman–Crippen MR) is 72.6 cm³/mol. The zero-order valence-corrected chi connectivity index (χ0v) is 11.6. The number of nitrogens with two attached hydrogens (primary N) is 1. The Morgan fingerprint density at radius 2 is 2.22 bits per heavy atom. The van der Waals surface area contributed by atoms with E-state index >= 15 is 0 Å². The van der Waals surface area contributed by atoms with Crippen molar-refractivity contribution in [2.75, 3.05) is 5.75 Å². The highest BCUT2D eigenvalue weighted by molar-refractivity contribution is 7.85. The molecule has 0 heterocycles. The van der Waals surface area contributed by atoms with Gasteiger partial charge in [-0.15, -0.1) is 0 Å². The first-order chi connectivity index (χ1) is 8.58. The van der Waals surface area contributed by atoms with Gasteiger partial charge in [0.2, 0.25) is 0 Å². The molecule has 1 saturated carbocycles. The number of benzene rings is 1. The van der Waals surface area contributed by atoms with Crippen LogP contribution in [0, 0.1) is 11.7 Å². The molecule has 1 aromatic carbocycles. The van der Waals surface area contributed by atoms with Gasteiger partial charge in [-0.1, -0.05) is 18.0 Å². The summed E-state index contributed by atoms with van der Waals surface area (Å²) >= 11 is 5.68. The fourth-order valence-corrected chi connectivity index (χ4v) is 3.89. The van der Waals surface area contributed by atoms with Crippen LogP contribution in [-0.4, -0.2) is 16.0 Å². The number of halogens is 2. The average Bonchev–Trinajstić information content (AvgIpc) is 2.75. The Labute approximate surface area is 114 Å². The lowest BCUT2D eigenvalue weighted by Gasteiger charge is -2.14. The van der Waals surface area contributed by atoms with Gasteiger partial charge in [0.25, 0.3) is 0 Å². The van der Waals surface area contributed by atoms with Crippen molar-refractivity contribution < 1.29 is 8.60 Å². The van der Waals surface area contributed by atoms with Gasteiger partial charge < -0.3 is 5.73 Å². The Morgan fingerprint density at radius 1 is 1.44 bits per heavy atom. The minimum atomic E-state index is -1.12. The molecule has 1 fully saturated rings. The normalized spacial score (nSPS) is 25.3. The van der Waals surface area contributed by atoms with Crippen molar-refractivity contribution in [1.82, 2.24) is 0 Å². The highest BCUT2D eigenvalue weighted by atomic mass is 35.5. The van der Waals surface area contributed by atoms with Crippen molar-refractivity contribution in [3.05, 3.63) is 29.0 Å². The Morgan fingerprint density at radius 3 is 2.83 bits per heavy atom. The lowest BCUT2D eigenvalue weighted by Crippen LogP contribution is -2.25. The first-order valence-corrected chi connectivity index (χ1v) is 7.86. The van der Waals surface area contributed by atoms with Crippen molar-refractivity contribution in [3.8, 4) is 0 Å². The van der Waals surface area contributed by atoms with E-state index < -0.39 is 16.6 Å². The first kappa shape index (κ1) is 14.0. The summed E-state index contributed by atoms with van der Waals surface area (Å²) in [5, 5.41) is 0.0263. The first-order valence-electron chi connectivity index (χ1n) is 6.17. The molecule has 1 aliphatic rings. The average molecular weight is 290 g/mol. The molecule has 0 aliphatic heterocycles. The van der Waals surface area contributed by atoms with Gasteiger partial charge in [0.1, 0.15) is 5.82 Å². The summed E-state index contributed by atoms with van der Waals surface area (Å²) in [6.45, 7) is 0. The maximum atomic E-state index is 13.0. The zero-order chi connectivity index (χ0) is 13.1. The minimum Gasteiger partial charge on any atom is -0.327 e. The molecule has 3 unspecified atom stereocenters. The Hall–Kier alpha value is -0.450. The van der Waals surface area contributed by atoms with Crippen molar-refractivity contribution in [3.63, 3.8) is 0 Å². The van der Waals surface area contributed by atoms with Crippen LogP contribution in [0.15, 0.2) is 23.1 Å². The lowest BCUT2D eigenvalue weighted by molar-refractivity contribution is 0.468. The molecule has 1 aliphatic carbocycles. The van der Waals surface area contributed by atoms with E-state index in [-0.39, 0.29) is 11.1 Å². The molecule has 0 amide bonds. The molecule has 5 heteroatoms. The molecular weight excluding hydrogens is 273 g/mol. The van der Waals surface area contributed by atoms with Gasteiger partial charge >= 0.3 is 0 Å². The van der Waals surface area contributed by atoms with Crippen LogP contribution in [0.5, 0.6) is 0 Å². The standard InChI is InChI=1S/C13H17ClFNOS/c14-11-8-10(4-5-12(11)15)18(17)7-6-9-2-1-3-13(9)16/h4-5,8-9,13H,1-3,6-7,16H2. The van der Waals surface area contributed by atoms with E-state index in [1.54, 1.807) is 0 Å². The quantitative estimate of drug-likeness (QED) is 0.925. The Balaban J connectivity index is 1.93. The maximum absolute atomic E-state index is 13.0. The van der Waals surface area contributed by atoms with E-state index in [0.29, 0.717) is 16.6 Å². The Kier molecular flexibility index (Phi) is 4.76. The largest absolute Gasteiger partial charge is 0.327 e. The summed E-state index contributed by atoms with van der Waals surface area (Å²) < 4.78 is 25.1. The van der Waals surface area contributed by atoms with E-state index in [9.17, 15) is 8.60 Å². The molecule has 100 valence electrons. The third-order valence-electron chi connectivity index (χ3n) is 3.55. The van der Waals surface area contributed by atoms with E-state index in [0.717, 1.165) is 19.3 Å². The molecule has 2 nitrogen and oxygen atoms in total. The molecule has 1 aromatic rings. The highest BCUT2D eigenvalue weighted by Gasteiger charge is 2.24. The fourth-order valence-electron chi connectivity index (χ4n) is 2.42. The molecule has 2 rings (SSSR count). The number of hydrogen-bond donors (Lipinski definition) is 1. The van der Waals surface area contributed by atoms with Crippen LogP contribution in [0.3, 0.4) is 0 Å². The number of rotatable bonds is 4. The fraction of sp³-hybridized carbons (Fsp3) is 0.538. The molecule has 0 radical (unpaired) electrons. The van der Waals surface area contributed by atoms with Crippen LogP contribution < -0.4 is 5.73 Å². The smallest absolute Gasteiger partial charge is 0.141 e. The van der Waals surface area contributed by atoms with Gasteiger partial charge in [-0.3, -0.25) is 4.21 Å². The van der Waals surface area contributed by atoms with Gasteiger partial charge in [-0.05, 0) is 43.4 Å². The molecule has 0 spiro atoms. The molecule has 2 N–H and O–H groups in total. The van der Waals surface area contributed by atoms with Crippen molar-refractivity contribution >= 4 is 22.4 Å². The third kappa shape index (κ3) is 3.31. The third-order valence-corrected chi connectivity index (χ3v) is 5.22. The topological polar surface area (TPSA) is 43.1 Å². The van der Waals surface area contributed by atoms with Crippen LogP contribution in [0.25, 0.3) is 0 Å². The zero-order valence-electron chi connectivity index (χ0n) is 10.1. The lowest BCUT2D eigenvalue weighted by atomic mass is 10.0. The monoisotopic (exact) mass is 289 g/mol.